The van der Waals surface area contributed by atoms with Crippen LogP contribution >= 0.6 is 0 Å². The molecular formula is C20H23N3O2. The minimum atomic E-state index is 0.0691. The summed E-state index contributed by atoms with van der Waals surface area (Å²) in [5.74, 6) is 1.12. The molecule has 1 aliphatic rings. The maximum Gasteiger partial charge on any atom is 0.223 e. The second-order valence-corrected chi connectivity index (χ2v) is 6.37. The van der Waals surface area contributed by atoms with Crippen LogP contribution in [0.5, 0.6) is 5.75 Å². The van der Waals surface area contributed by atoms with Crippen molar-refractivity contribution in [2.45, 2.75) is 25.8 Å². The number of hydrogen-bond donors (Lipinski definition) is 3. The number of nitrogen functional groups attached to an aromatic ring is 1. The van der Waals surface area contributed by atoms with E-state index >= 15 is 0 Å². The fourth-order valence-corrected chi connectivity index (χ4v) is 3.07. The molecule has 25 heavy (non-hydrogen) atoms. The first kappa shape index (κ1) is 17.0. The third kappa shape index (κ3) is 3.99. The number of nitrogens with two attached hydrogens (primary N) is 1. The first-order chi connectivity index (χ1) is 12.1. The summed E-state index contributed by atoms with van der Waals surface area (Å²) < 4.78 is 5.81. The Morgan fingerprint density at radius 1 is 1.16 bits per heavy atom. The van der Waals surface area contributed by atoms with Gasteiger partial charge in [-0.3, -0.25) is 10.2 Å². The van der Waals surface area contributed by atoms with E-state index in [0.717, 1.165) is 29.7 Å². The van der Waals surface area contributed by atoms with Gasteiger partial charge < -0.3 is 15.8 Å². The standard InChI is InChI=1S/C20H23N3O2/c1-2-13-11-17(23-20(13)24)12-25-18-9-7-15(8-10-18)14-3-5-16(6-4-14)19(21)22/h3-10,13,17H,2,11-12H2,1H3,(H3,21,22)(H,23,24)/t13-,17+/m1/s1. The molecule has 0 bridgehead atoms. The van der Waals surface area contributed by atoms with Crippen LogP contribution in [0.25, 0.3) is 11.1 Å². The van der Waals surface area contributed by atoms with Crippen molar-refractivity contribution < 1.29 is 9.53 Å². The third-order valence-electron chi connectivity index (χ3n) is 4.61. The highest BCUT2D eigenvalue weighted by Gasteiger charge is 2.30. The number of benzene rings is 2. The summed E-state index contributed by atoms with van der Waals surface area (Å²) in [5, 5.41) is 10.4. The zero-order valence-electron chi connectivity index (χ0n) is 14.3. The maximum absolute atomic E-state index is 11.7. The predicted molar refractivity (Wildman–Crippen MR) is 98.7 cm³/mol. The summed E-state index contributed by atoms with van der Waals surface area (Å²) in [7, 11) is 0. The van der Waals surface area contributed by atoms with Crippen LogP contribution in [0.1, 0.15) is 25.3 Å². The SMILES string of the molecule is CC[C@@H]1C[C@@H](COc2ccc(-c3ccc(C(=N)N)cc3)cc2)NC1=O. The molecule has 1 aliphatic heterocycles. The Hall–Kier alpha value is -2.82. The Bertz CT molecular complexity index is 754. The highest BCUT2D eigenvalue weighted by Crippen LogP contribution is 2.24. The maximum atomic E-state index is 11.7. The monoisotopic (exact) mass is 337 g/mol. The van der Waals surface area contributed by atoms with Gasteiger partial charge in [-0.15, -0.1) is 0 Å². The number of amidine groups is 1. The van der Waals surface area contributed by atoms with Crippen molar-refractivity contribution in [2.24, 2.45) is 11.7 Å². The van der Waals surface area contributed by atoms with E-state index in [9.17, 15) is 4.79 Å². The summed E-state index contributed by atoms with van der Waals surface area (Å²) in [6.07, 6.45) is 1.72. The molecule has 3 rings (SSSR count). The molecule has 0 unspecified atom stereocenters. The summed E-state index contributed by atoms with van der Waals surface area (Å²) >= 11 is 0. The molecular weight excluding hydrogens is 314 g/mol. The smallest absolute Gasteiger partial charge is 0.223 e. The van der Waals surface area contributed by atoms with Gasteiger partial charge in [0.1, 0.15) is 18.2 Å². The molecule has 0 spiro atoms. The quantitative estimate of drug-likeness (QED) is 0.559. The third-order valence-corrected chi connectivity index (χ3v) is 4.61. The molecule has 0 radical (unpaired) electrons. The number of carbonyl (C=O) groups is 1. The van der Waals surface area contributed by atoms with Crippen molar-refractivity contribution in [3.05, 3.63) is 54.1 Å². The molecule has 1 saturated heterocycles. The lowest BCUT2D eigenvalue weighted by Gasteiger charge is -2.12. The van der Waals surface area contributed by atoms with Gasteiger partial charge in [0.15, 0.2) is 0 Å². The van der Waals surface area contributed by atoms with Crippen molar-refractivity contribution in [1.82, 2.24) is 5.32 Å². The lowest BCUT2D eigenvalue weighted by molar-refractivity contribution is -0.122. The van der Waals surface area contributed by atoms with E-state index in [-0.39, 0.29) is 23.7 Å². The first-order valence-electron chi connectivity index (χ1n) is 8.55. The Morgan fingerprint density at radius 2 is 1.76 bits per heavy atom. The van der Waals surface area contributed by atoms with Crippen LogP contribution in [-0.2, 0) is 4.79 Å². The van der Waals surface area contributed by atoms with Gasteiger partial charge >= 0.3 is 0 Å². The molecule has 1 heterocycles. The largest absolute Gasteiger partial charge is 0.491 e. The lowest BCUT2D eigenvalue weighted by atomic mass is 10.0. The van der Waals surface area contributed by atoms with Crippen molar-refractivity contribution in [3.63, 3.8) is 0 Å². The topological polar surface area (TPSA) is 88.2 Å². The van der Waals surface area contributed by atoms with Crippen LogP contribution < -0.4 is 15.8 Å². The van der Waals surface area contributed by atoms with Crippen LogP contribution in [0.2, 0.25) is 0 Å². The average molecular weight is 337 g/mol. The molecule has 0 aliphatic carbocycles. The van der Waals surface area contributed by atoms with Crippen LogP contribution in [0.4, 0.5) is 0 Å². The van der Waals surface area contributed by atoms with Gasteiger partial charge in [-0.1, -0.05) is 43.3 Å². The van der Waals surface area contributed by atoms with E-state index in [1.807, 2.05) is 55.5 Å². The molecule has 2 aromatic rings. The summed E-state index contributed by atoms with van der Waals surface area (Å²) in [6, 6.07) is 15.5. The van der Waals surface area contributed by atoms with Gasteiger partial charge in [-0.2, -0.15) is 0 Å². The zero-order chi connectivity index (χ0) is 17.8. The molecule has 4 N–H and O–H groups in total. The minimum Gasteiger partial charge on any atom is -0.491 e. The minimum absolute atomic E-state index is 0.0691. The highest BCUT2D eigenvalue weighted by molar-refractivity contribution is 5.95. The molecule has 1 fully saturated rings. The Balaban J connectivity index is 1.59. The Morgan fingerprint density at radius 3 is 2.28 bits per heavy atom. The van der Waals surface area contributed by atoms with Crippen LogP contribution in [0, 0.1) is 11.3 Å². The number of nitrogens with one attached hydrogen (secondary N) is 2. The fourth-order valence-electron chi connectivity index (χ4n) is 3.07. The van der Waals surface area contributed by atoms with Gasteiger partial charge in [0.05, 0.1) is 6.04 Å². The summed E-state index contributed by atoms with van der Waals surface area (Å²) in [6.45, 7) is 2.53. The van der Waals surface area contributed by atoms with Gasteiger partial charge in [-0.25, -0.2) is 0 Å². The van der Waals surface area contributed by atoms with E-state index in [0.29, 0.717) is 12.2 Å². The number of rotatable bonds is 6. The lowest BCUT2D eigenvalue weighted by Crippen LogP contribution is -2.31. The Kier molecular flexibility index (Phi) is 5.03. The average Bonchev–Trinajstić information content (AvgIpc) is 3.00. The molecule has 0 aromatic heterocycles. The molecule has 1 amide bonds. The van der Waals surface area contributed by atoms with Crippen molar-refractivity contribution in [3.8, 4) is 16.9 Å². The molecule has 0 saturated carbocycles. The molecule has 5 heteroatoms. The number of carbonyl (C=O) groups excluding carboxylic acids is 1. The second kappa shape index (κ2) is 7.38. The van der Waals surface area contributed by atoms with Gasteiger partial charge in [0.2, 0.25) is 5.91 Å². The van der Waals surface area contributed by atoms with Crippen LogP contribution in [0.15, 0.2) is 48.5 Å². The van der Waals surface area contributed by atoms with Gasteiger partial charge in [-0.05, 0) is 36.1 Å². The molecule has 130 valence electrons. The second-order valence-electron chi connectivity index (χ2n) is 6.37. The van der Waals surface area contributed by atoms with E-state index in [4.69, 9.17) is 15.9 Å². The van der Waals surface area contributed by atoms with E-state index < -0.39 is 0 Å². The predicted octanol–water partition coefficient (Wildman–Crippen LogP) is 2.93. The Labute approximate surface area is 147 Å². The summed E-state index contributed by atoms with van der Waals surface area (Å²) in [5.41, 5.74) is 8.32. The van der Waals surface area contributed by atoms with E-state index in [2.05, 4.69) is 5.32 Å². The van der Waals surface area contributed by atoms with Crippen molar-refractivity contribution in [1.29, 1.82) is 5.41 Å². The van der Waals surface area contributed by atoms with Gasteiger partial charge in [0.25, 0.3) is 0 Å². The van der Waals surface area contributed by atoms with E-state index in [1.165, 1.54) is 0 Å². The molecule has 5 nitrogen and oxygen atoms in total. The van der Waals surface area contributed by atoms with Gasteiger partial charge in [0, 0.05) is 11.5 Å². The zero-order valence-corrected chi connectivity index (χ0v) is 14.3. The fraction of sp³-hybridized carbons (Fsp3) is 0.300. The number of amides is 1. The highest BCUT2D eigenvalue weighted by atomic mass is 16.5. The van der Waals surface area contributed by atoms with Crippen molar-refractivity contribution in [2.75, 3.05) is 6.61 Å². The van der Waals surface area contributed by atoms with Crippen molar-refractivity contribution >= 4 is 11.7 Å². The molecule has 2 aromatic carbocycles. The number of hydrogen-bond acceptors (Lipinski definition) is 3. The summed E-state index contributed by atoms with van der Waals surface area (Å²) in [4.78, 5) is 11.7. The molecule has 2 atom stereocenters. The normalized spacial score (nSPS) is 19.5. The first-order valence-corrected chi connectivity index (χ1v) is 8.55. The van der Waals surface area contributed by atoms with E-state index in [1.54, 1.807) is 0 Å². The number of ether oxygens (including phenoxy) is 1. The van der Waals surface area contributed by atoms with Crippen LogP contribution in [-0.4, -0.2) is 24.4 Å². The van der Waals surface area contributed by atoms with Crippen LogP contribution in [0.3, 0.4) is 0 Å².